The van der Waals surface area contributed by atoms with Crippen LogP contribution in [-0.2, 0) is 11.3 Å². The van der Waals surface area contributed by atoms with Gasteiger partial charge in [0.1, 0.15) is 17.7 Å². The number of ether oxygens (including phenoxy) is 1. The van der Waals surface area contributed by atoms with Gasteiger partial charge < -0.3 is 20.7 Å². The molecular formula is C15H19F4N5O4. The van der Waals surface area contributed by atoms with Gasteiger partial charge in [0.15, 0.2) is 18.0 Å². The lowest BCUT2D eigenvalue weighted by Crippen LogP contribution is -2.36. The number of aliphatic hydroxyl groups is 2. The van der Waals surface area contributed by atoms with Crippen molar-refractivity contribution >= 4 is 17.1 Å². The number of fused-ring (bicyclic) bond motifs is 1. The Kier molecular flexibility index (Phi) is 5.34. The van der Waals surface area contributed by atoms with E-state index in [1.807, 2.05) is 0 Å². The van der Waals surface area contributed by atoms with E-state index in [1.54, 1.807) is 6.92 Å². The monoisotopic (exact) mass is 409 g/mol. The summed E-state index contributed by atoms with van der Waals surface area (Å²) < 4.78 is 59.1. The number of nitrogen functional groups attached to an aromatic ring is 1. The first kappa shape index (κ1) is 20.5. The Morgan fingerprint density at radius 1 is 1.43 bits per heavy atom. The van der Waals surface area contributed by atoms with Gasteiger partial charge in [-0.2, -0.15) is 18.2 Å². The summed E-state index contributed by atoms with van der Waals surface area (Å²) in [6.07, 6.45) is -12.7. The molecule has 0 bridgehead atoms. The summed E-state index contributed by atoms with van der Waals surface area (Å²) in [6.45, 7) is 0.839. The van der Waals surface area contributed by atoms with Gasteiger partial charge in [-0.25, -0.2) is 18.7 Å². The molecule has 1 fully saturated rings. The maximum absolute atomic E-state index is 14.4. The molecule has 2 aromatic rings. The number of nitrogens with two attached hydrogens (primary N) is 1. The van der Waals surface area contributed by atoms with Crippen LogP contribution in [0.15, 0.2) is 11.0 Å². The molecule has 156 valence electrons. The topological polar surface area (TPSA) is 128 Å². The van der Waals surface area contributed by atoms with Crippen molar-refractivity contribution in [3.05, 3.63) is 16.7 Å². The van der Waals surface area contributed by atoms with Crippen LogP contribution in [0.3, 0.4) is 0 Å². The van der Waals surface area contributed by atoms with E-state index in [0.29, 0.717) is 0 Å². The second-order valence-corrected chi connectivity index (χ2v) is 6.51. The molecule has 1 saturated heterocycles. The highest BCUT2D eigenvalue weighted by molar-refractivity contribution is 5.71. The van der Waals surface area contributed by atoms with E-state index < -0.39 is 55.5 Å². The number of aliphatic hydroxyl groups excluding tert-OH is 2. The molecule has 0 aliphatic carbocycles. The van der Waals surface area contributed by atoms with E-state index in [0.717, 1.165) is 15.3 Å². The molecule has 9 nitrogen and oxygen atoms in total. The highest BCUT2D eigenvalue weighted by Gasteiger charge is 2.49. The molecular weight excluding hydrogens is 390 g/mol. The fraction of sp³-hybridized carbons (Fsp3) is 0.667. The lowest BCUT2D eigenvalue weighted by molar-refractivity contribution is -0.136. The summed E-state index contributed by atoms with van der Waals surface area (Å²) in [5, 5.41) is 20.1. The van der Waals surface area contributed by atoms with E-state index in [9.17, 15) is 32.6 Å². The molecule has 3 heterocycles. The van der Waals surface area contributed by atoms with Gasteiger partial charge in [-0.15, -0.1) is 0 Å². The minimum atomic E-state index is -4.52. The summed E-state index contributed by atoms with van der Waals surface area (Å²) in [5.74, 6) is -0.274. The second-order valence-electron chi connectivity index (χ2n) is 6.51. The Morgan fingerprint density at radius 2 is 2.11 bits per heavy atom. The van der Waals surface area contributed by atoms with E-state index >= 15 is 0 Å². The number of aryl methyl sites for hydroxylation is 1. The van der Waals surface area contributed by atoms with Crippen molar-refractivity contribution in [3.8, 4) is 0 Å². The lowest BCUT2D eigenvalue weighted by Gasteiger charge is -2.18. The number of nitrogens with zero attached hydrogens (tertiary/aromatic N) is 4. The molecule has 1 aliphatic rings. The zero-order valence-electron chi connectivity index (χ0n) is 14.7. The fourth-order valence-corrected chi connectivity index (χ4v) is 3.17. The van der Waals surface area contributed by atoms with Crippen molar-refractivity contribution in [3.63, 3.8) is 0 Å². The Bertz CT molecular complexity index is 914. The zero-order chi connectivity index (χ0) is 20.8. The van der Waals surface area contributed by atoms with Gasteiger partial charge in [0.05, 0.1) is 18.7 Å². The molecule has 5 atom stereocenters. The molecule has 0 saturated carbocycles. The molecule has 28 heavy (non-hydrogen) atoms. The van der Waals surface area contributed by atoms with E-state index in [-0.39, 0.29) is 23.5 Å². The standard InChI is InChI=1S/C15H19F4N5O4/c1-2-7(25)10-8(16)9(26)12(28-10)24-11-6(5-21-13(20)22-11)23(14(24)27)4-3-15(17,18)19/h5,7-10,12,25-26H,2-4H2,1H3,(H2,20,21,22)/t7-,8+,9+,10+,12+/m0/s1. The zero-order valence-corrected chi connectivity index (χ0v) is 14.7. The number of anilines is 1. The third kappa shape index (κ3) is 3.56. The molecule has 0 unspecified atom stereocenters. The van der Waals surface area contributed by atoms with Crippen molar-refractivity contribution in [2.45, 2.75) is 63.2 Å². The van der Waals surface area contributed by atoms with Crippen LogP contribution < -0.4 is 11.4 Å². The molecule has 0 amide bonds. The SMILES string of the molecule is CC[C@H](O)[C@H]1O[C@@H](n2c(=O)n(CCC(F)(F)F)c3cnc(N)nc32)[C@H](O)[C@H]1F. The smallest absolute Gasteiger partial charge is 0.390 e. The number of aromatic nitrogens is 4. The summed E-state index contributed by atoms with van der Waals surface area (Å²) in [5.41, 5.74) is 4.23. The number of halogens is 4. The Balaban J connectivity index is 2.09. The number of rotatable bonds is 5. The summed E-state index contributed by atoms with van der Waals surface area (Å²) >= 11 is 0. The number of hydrogen-bond donors (Lipinski definition) is 3. The molecule has 3 rings (SSSR count). The van der Waals surface area contributed by atoms with Crippen LogP contribution in [0, 0.1) is 0 Å². The quantitative estimate of drug-likeness (QED) is 0.613. The maximum atomic E-state index is 14.4. The predicted molar refractivity (Wildman–Crippen MR) is 88.0 cm³/mol. The molecule has 0 aromatic carbocycles. The van der Waals surface area contributed by atoms with Crippen molar-refractivity contribution in [1.82, 2.24) is 19.1 Å². The molecule has 2 aromatic heterocycles. The first-order valence-electron chi connectivity index (χ1n) is 8.50. The Morgan fingerprint density at radius 3 is 2.71 bits per heavy atom. The molecule has 13 heteroatoms. The van der Waals surface area contributed by atoms with Gasteiger partial charge in [-0.05, 0) is 6.42 Å². The highest BCUT2D eigenvalue weighted by Crippen LogP contribution is 2.34. The highest BCUT2D eigenvalue weighted by atomic mass is 19.4. The van der Waals surface area contributed by atoms with Crippen LogP contribution in [0.4, 0.5) is 23.5 Å². The Hall–Kier alpha value is -2.25. The molecule has 4 N–H and O–H groups in total. The minimum absolute atomic E-state index is 0.0749. The summed E-state index contributed by atoms with van der Waals surface area (Å²) in [6, 6.07) is 0. The van der Waals surface area contributed by atoms with E-state index in [4.69, 9.17) is 10.5 Å². The number of hydrogen-bond acceptors (Lipinski definition) is 7. The van der Waals surface area contributed by atoms with E-state index in [1.165, 1.54) is 0 Å². The summed E-state index contributed by atoms with van der Waals surface area (Å²) in [7, 11) is 0. The van der Waals surface area contributed by atoms with Gasteiger partial charge in [-0.1, -0.05) is 6.92 Å². The third-order valence-corrected chi connectivity index (χ3v) is 4.62. The van der Waals surface area contributed by atoms with Gasteiger partial charge in [-0.3, -0.25) is 4.57 Å². The Labute approximate surface area is 155 Å². The van der Waals surface area contributed by atoms with Gasteiger partial charge in [0.2, 0.25) is 5.95 Å². The summed E-state index contributed by atoms with van der Waals surface area (Å²) in [4.78, 5) is 20.3. The fourth-order valence-electron chi connectivity index (χ4n) is 3.17. The van der Waals surface area contributed by atoms with E-state index in [2.05, 4.69) is 9.97 Å². The number of alkyl halides is 4. The van der Waals surface area contributed by atoms with Crippen LogP contribution in [0.5, 0.6) is 0 Å². The predicted octanol–water partition coefficient (Wildman–Crippen LogP) is 0.495. The van der Waals surface area contributed by atoms with Crippen molar-refractivity contribution < 1.29 is 32.5 Å². The molecule has 0 radical (unpaired) electrons. The molecule has 1 aliphatic heterocycles. The van der Waals surface area contributed by atoms with Crippen LogP contribution in [0.25, 0.3) is 11.2 Å². The normalized spacial score (nSPS) is 26.8. The van der Waals surface area contributed by atoms with Crippen molar-refractivity contribution in [1.29, 1.82) is 0 Å². The molecule has 0 spiro atoms. The van der Waals surface area contributed by atoms with Gasteiger partial charge in [0.25, 0.3) is 0 Å². The van der Waals surface area contributed by atoms with Crippen LogP contribution in [0.2, 0.25) is 0 Å². The average molecular weight is 409 g/mol. The van der Waals surface area contributed by atoms with Gasteiger partial charge in [0, 0.05) is 6.54 Å². The van der Waals surface area contributed by atoms with Crippen molar-refractivity contribution in [2.75, 3.05) is 5.73 Å². The number of imidazole rings is 1. The lowest BCUT2D eigenvalue weighted by atomic mass is 10.1. The average Bonchev–Trinajstić information content (AvgIpc) is 3.05. The van der Waals surface area contributed by atoms with Crippen LogP contribution >= 0.6 is 0 Å². The first-order chi connectivity index (χ1) is 13.0. The van der Waals surface area contributed by atoms with Gasteiger partial charge >= 0.3 is 11.9 Å². The van der Waals surface area contributed by atoms with Crippen LogP contribution in [-0.4, -0.2) is 60.0 Å². The first-order valence-corrected chi connectivity index (χ1v) is 8.50. The van der Waals surface area contributed by atoms with Crippen molar-refractivity contribution in [2.24, 2.45) is 0 Å². The largest absolute Gasteiger partial charge is 0.390 e. The second kappa shape index (κ2) is 7.29. The minimum Gasteiger partial charge on any atom is -0.390 e. The third-order valence-electron chi connectivity index (χ3n) is 4.62. The maximum Gasteiger partial charge on any atom is 0.390 e. The van der Waals surface area contributed by atoms with Crippen LogP contribution in [0.1, 0.15) is 26.0 Å².